The Morgan fingerprint density at radius 3 is 2.60 bits per heavy atom. The number of fused-ring (bicyclic) bond motifs is 1. The van der Waals surface area contributed by atoms with Gasteiger partial charge in [0.2, 0.25) is 0 Å². The number of nitriles is 1. The highest BCUT2D eigenvalue weighted by Crippen LogP contribution is 2.41. The van der Waals surface area contributed by atoms with E-state index in [1.807, 2.05) is 6.07 Å². The van der Waals surface area contributed by atoms with Crippen LogP contribution in [-0.4, -0.2) is 39.6 Å². The second-order valence-electron chi connectivity index (χ2n) is 5.39. The van der Waals surface area contributed by atoms with Crippen LogP contribution < -0.4 is 0 Å². The molecule has 0 spiro atoms. The average Bonchev–Trinajstić information content (AvgIpc) is 3.00. The van der Waals surface area contributed by atoms with Crippen LogP contribution >= 0.6 is 34.8 Å². The van der Waals surface area contributed by atoms with Gasteiger partial charge >= 0.3 is 0 Å². The van der Waals surface area contributed by atoms with Crippen LogP contribution in [0, 0.1) is 11.3 Å². The van der Waals surface area contributed by atoms with Crippen molar-refractivity contribution >= 4 is 45.7 Å². The molecule has 1 aliphatic rings. The standard InChI is InChI=1S/C14H10Cl3N5O3/c15-7-1-5-6(3-18)13(17)22(9(5)2-8(7)16)14-12(24)11(23)10(25-14)4-20-21-19/h1-2,10-12,14,23-24H,4H2/t10-,11-,12-,14?/m1/s1. The Morgan fingerprint density at radius 2 is 1.96 bits per heavy atom. The van der Waals surface area contributed by atoms with E-state index < -0.39 is 24.5 Å². The summed E-state index contributed by atoms with van der Waals surface area (Å²) in [4.78, 5) is 2.61. The molecule has 0 saturated carbocycles. The van der Waals surface area contributed by atoms with Gasteiger partial charge in [0.05, 0.1) is 33.8 Å². The normalized spacial score (nSPS) is 25.8. The molecular weight excluding hydrogens is 393 g/mol. The average molecular weight is 403 g/mol. The molecule has 4 atom stereocenters. The van der Waals surface area contributed by atoms with Gasteiger partial charge in [0.25, 0.3) is 0 Å². The highest BCUT2D eigenvalue weighted by molar-refractivity contribution is 6.43. The maximum Gasteiger partial charge on any atom is 0.164 e. The van der Waals surface area contributed by atoms with E-state index in [2.05, 4.69) is 10.0 Å². The van der Waals surface area contributed by atoms with Crippen LogP contribution in [0.4, 0.5) is 0 Å². The molecule has 0 amide bonds. The van der Waals surface area contributed by atoms with Gasteiger partial charge in [-0.15, -0.1) is 0 Å². The first-order chi connectivity index (χ1) is 11.9. The zero-order chi connectivity index (χ0) is 18.3. The monoisotopic (exact) mass is 401 g/mol. The topological polar surface area (TPSA) is 127 Å². The maximum atomic E-state index is 10.3. The van der Waals surface area contributed by atoms with Crippen molar-refractivity contribution in [2.45, 2.75) is 24.5 Å². The third-order valence-corrected chi connectivity index (χ3v) is 5.11. The van der Waals surface area contributed by atoms with Crippen molar-refractivity contribution in [2.24, 2.45) is 5.11 Å². The third-order valence-electron chi connectivity index (χ3n) is 4.01. The van der Waals surface area contributed by atoms with Gasteiger partial charge in [0, 0.05) is 10.3 Å². The fourth-order valence-corrected chi connectivity index (χ4v) is 3.49. The number of nitrogens with zero attached hydrogens (tertiary/aromatic N) is 5. The summed E-state index contributed by atoms with van der Waals surface area (Å²) in [5, 5.41) is 34.1. The Morgan fingerprint density at radius 1 is 1.28 bits per heavy atom. The molecule has 1 saturated heterocycles. The number of halogens is 3. The lowest BCUT2D eigenvalue weighted by molar-refractivity contribution is -0.0313. The summed E-state index contributed by atoms with van der Waals surface area (Å²) in [6.45, 7) is -0.167. The van der Waals surface area contributed by atoms with Crippen LogP contribution in [0.1, 0.15) is 11.8 Å². The van der Waals surface area contributed by atoms with Crippen molar-refractivity contribution < 1.29 is 14.9 Å². The van der Waals surface area contributed by atoms with Crippen molar-refractivity contribution in [3.05, 3.63) is 43.3 Å². The number of aromatic nitrogens is 1. The Hall–Kier alpha value is -1.69. The van der Waals surface area contributed by atoms with E-state index in [0.29, 0.717) is 10.9 Å². The van der Waals surface area contributed by atoms with Gasteiger partial charge in [0.15, 0.2) is 6.23 Å². The minimum absolute atomic E-state index is 0.0107. The molecule has 25 heavy (non-hydrogen) atoms. The second kappa shape index (κ2) is 6.90. The van der Waals surface area contributed by atoms with Crippen LogP contribution in [0.25, 0.3) is 21.3 Å². The molecule has 130 valence electrons. The minimum atomic E-state index is -1.35. The molecule has 1 fully saturated rings. The van der Waals surface area contributed by atoms with Gasteiger partial charge in [0.1, 0.15) is 23.4 Å². The zero-order valence-electron chi connectivity index (χ0n) is 12.3. The zero-order valence-corrected chi connectivity index (χ0v) is 14.6. The van der Waals surface area contributed by atoms with E-state index in [9.17, 15) is 15.5 Å². The number of ether oxygens (including phenoxy) is 1. The van der Waals surface area contributed by atoms with Gasteiger partial charge in [-0.2, -0.15) is 5.26 Å². The lowest BCUT2D eigenvalue weighted by atomic mass is 10.1. The van der Waals surface area contributed by atoms with Crippen LogP contribution in [0.5, 0.6) is 0 Å². The smallest absolute Gasteiger partial charge is 0.164 e. The predicted molar refractivity (Wildman–Crippen MR) is 91.6 cm³/mol. The summed E-state index contributed by atoms with van der Waals surface area (Å²) in [7, 11) is 0. The SMILES string of the molecule is N#Cc1c(Cl)n(C2O[C@H](CN=[N+]=[N-])[C@@H](O)[C@H]2O)c2cc(Cl)c(Cl)cc12. The van der Waals surface area contributed by atoms with Crippen molar-refractivity contribution in [3.63, 3.8) is 0 Å². The molecule has 2 heterocycles. The van der Waals surface area contributed by atoms with E-state index >= 15 is 0 Å². The largest absolute Gasteiger partial charge is 0.388 e. The van der Waals surface area contributed by atoms with E-state index in [-0.39, 0.29) is 27.3 Å². The summed E-state index contributed by atoms with van der Waals surface area (Å²) >= 11 is 18.4. The van der Waals surface area contributed by atoms with Gasteiger partial charge in [-0.25, -0.2) is 0 Å². The van der Waals surface area contributed by atoms with Gasteiger partial charge in [-0.3, -0.25) is 0 Å². The lowest BCUT2D eigenvalue weighted by Gasteiger charge is -2.19. The number of aliphatic hydroxyl groups is 2. The summed E-state index contributed by atoms with van der Waals surface area (Å²) in [6.07, 6.45) is -4.66. The molecule has 0 aliphatic carbocycles. The number of hydrogen-bond donors (Lipinski definition) is 2. The van der Waals surface area contributed by atoms with Crippen LogP contribution in [0.15, 0.2) is 17.2 Å². The number of benzene rings is 1. The van der Waals surface area contributed by atoms with Crippen molar-refractivity contribution in [3.8, 4) is 6.07 Å². The molecule has 2 N–H and O–H groups in total. The summed E-state index contributed by atoms with van der Waals surface area (Å²) in [6, 6.07) is 4.97. The Bertz CT molecular complexity index is 934. The van der Waals surface area contributed by atoms with E-state index in [1.165, 1.54) is 16.7 Å². The number of rotatable bonds is 3. The van der Waals surface area contributed by atoms with Crippen LogP contribution in [0.3, 0.4) is 0 Å². The molecule has 0 bridgehead atoms. The third kappa shape index (κ3) is 2.90. The Labute approximate surface area is 156 Å². The quantitative estimate of drug-likeness (QED) is 0.463. The fraction of sp³-hybridized carbons (Fsp3) is 0.357. The number of aliphatic hydroxyl groups excluding tert-OH is 2. The van der Waals surface area contributed by atoms with Gasteiger partial charge < -0.3 is 19.5 Å². The molecule has 11 heteroatoms. The molecule has 1 unspecified atom stereocenters. The molecule has 1 aromatic carbocycles. The molecule has 1 aliphatic heterocycles. The fourth-order valence-electron chi connectivity index (χ4n) is 2.84. The summed E-state index contributed by atoms with van der Waals surface area (Å²) in [5.74, 6) is 0. The highest BCUT2D eigenvalue weighted by atomic mass is 35.5. The van der Waals surface area contributed by atoms with Gasteiger partial charge in [-0.05, 0) is 17.7 Å². The molecule has 0 radical (unpaired) electrons. The van der Waals surface area contributed by atoms with E-state index in [4.69, 9.17) is 45.1 Å². The summed E-state index contributed by atoms with van der Waals surface area (Å²) < 4.78 is 6.98. The number of azide groups is 1. The van der Waals surface area contributed by atoms with Crippen molar-refractivity contribution in [2.75, 3.05) is 6.54 Å². The second-order valence-corrected chi connectivity index (χ2v) is 6.56. The van der Waals surface area contributed by atoms with Crippen molar-refractivity contribution in [1.29, 1.82) is 5.26 Å². The Kier molecular flexibility index (Phi) is 5.00. The van der Waals surface area contributed by atoms with Gasteiger partial charge in [-0.1, -0.05) is 39.9 Å². The summed E-state index contributed by atoms with van der Waals surface area (Å²) in [5.41, 5.74) is 8.96. The minimum Gasteiger partial charge on any atom is -0.388 e. The predicted octanol–water partition coefficient (Wildman–Crippen LogP) is 3.40. The first-order valence-electron chi connectivity index (χ1n) is 7.01. The highest BCUT2D eigenvalue weighted by Gasteiger charge is 2.44. The van der Waals surface area contributed by atoms with E-state index in [0.717, 1.165) is 0 Å². The molecule has 3 rings (SSSR count). The lowest BCUT2D eigenvalue weighted by Crippen LogP contribution is -2.32. The molecule has 2 aromatic rings. The first kappa shape index (κ1) is 18.1. The van der Waals surface area contributed by atoms with Crippen LogP contribution in [0.2, 0.25) is 15.2 Å². The Balaban J connectivity index is 2.16. The van der Waals surface area contributed by atoms with Crippen LogP contribution in [-0.2, 0) is 4.74 Å². The molecule has 1 aromatic heterocycles. The van der Waals surface area contributed by atoms with Crippen molar-refractivity contribution in [1.82, 2.24) is 4.57 Å². The number of hydrogen-bond acceptors (Lipinski definition) is 5. The maximum absolute atomic E-state index is 10.3. The molecule has 8 nitrogen and oxygen atoms in total. The first-order valence-corrected chi connectivity index (χ1v) is 8.15. The molecular formula is C14H10Cl3N5O3. The van der Waals surface area contributed by atoms with E-state index in [1.54, 1.807) is 0 Å².